The van der Waals surface area contributed by atoms with Crippen LogP contribution in [-0.2, 0) is 6.42 Å². The first-order valence-corrected chi connectivity index (χ1v) is 12.8. The third-order valence-electron chi connectivity index (χ3n) is 6.92. The molecule has 3 heteroatoms. The second-order valence-corrected chi connectivity index (χ2v) is 9.42. The van der Waals surface area contributed by atoms with Gasteiger partial charge in [0.05, 0.1) is 6.61 Å². The van der Waals surface area contributed by atoms with Crippen molar-refractivity contribution in [1.29, 1.82) is 0 Å². The van der Waals surface area contributed by atoms with E-state index in [1.807, 2.05) is 12.4 Å². The summed E-state index contributed by atoms with van der Waals surface area (Å²) in [6.45, 7) is 5.43. The third-order valence-corrected chi connectivity index (χ3v) is 6.92. The highest BCUT2D eigenvalue weighted by Crippen LogP contribution is 2.31. The lowest BCUT2D eigenvalue weighted by atomic mass is 9.81. The van der Waals surface area contributed by atoms with Crippen LogP contribution >= 0.6 is 0 Å². The number of nitrogens with zero attached hydrogens (tertiary/aromatic N) is 2. The van der Waals surface area contributed by atoms with E-state index in [1.165, 1.54) is 82.6 Å². The minimum atomic E-state index is 0.717. The molecule has 0 N–H and O–H groups in total. The van der Waals surface area contributed by atoms with Crippen LogP contribution in [0.15, 0.2) is 36.7 Å². The lowest BCUT2D eigenvalue weighted by molar-refractivity contribution is 0.181. The van der Waals surface area contributed by atoms with Crippen molar-refractivity contribution in [1.82, 2.24) is 9.97 Å². The normalized spacial score (nSPS) is 18.8. The maximum absolute atomic E-state index is 6.07. The predicted molar refractivity (Wildman–Crippen MR) is 130 cm³/mol. The minimum absolute atomic E-state index is 0.717. The van der Waals surface area contributed by atoms with Crippen LogP contribution in [-0.4, -0.2) is 16.6 Å². The van der Waals surface area contributed by atoms with Crippen LogP contribution in [0, 0.1) is 11.8 Å². The van der Waals surface area contributed by atoms with E-state index in [2.05, 4.69) is 48.1 Å². The lowest BCUT2D eigenvalue weighted by Gasteiger charge is -2.27. The number of ether oxygens (including phenoxy) is 1. The maximum Gasteiger partial charge on any atom is 0.159 e. The molecule has 0 radical (unpaired) electrons. The van der Waals surface area contributed by atoms with Crippen LogP contribution in [0.4, 0.5) is 0 Å². The Labute approximate surface area is 190 Å². The Morgan fingerprint density at radius 2 is 1.39 bits per heavy atom. The van der Waals surface area contributed by atoms with Gasteiger partial charge in [0.1, 0.15) is 5.75 Å². The molecule has 0 amide bonds. The average Bonchev–Trinajstić information content (AvgIpc) is 2.83. The molecule has 31 heavy (non-hydrogen) atoms. The van der Waals surface area contributed by atoms with E-state index in [-0.39, 0.29) is 0 Å². The average molecular weight is 423 g/mol. The number of aryl methyl sites for hydroxylation is 1. The van der Waals surface area contributed by atoms with Gasteiger partial charge in [-0.2, -0.15) is 0 Å². The van der Waals surface area contributed by atoms with E-state index in [1.54, 1.807) is 0 Å². The highest BCUT2D eigenvalue weighted by molar-refractivity contribution is 5.55. The Morgan fingerprint density at radius 3 is 2.03 bits per heavy atom. The van der Waals surface area contributed by atoms with Gasteiger partial charge in [0.25, 0.3) is 0 Å². The molecule has 1 saturated carbocycles. The van der Waals surface area contributed by atoms with Crippen molar-refractivity contribution in [2.45, 2.75) is 97.3 Å². The standard InChI is InChI=1S/C28H42N2O/c1-3-5-6-7-8-9-10-11-25-20-29-28(30-21-25)26-16-18-27(19-17-26)31-22-24-14-12-23(4-2)13-15-24/h16-21,23-24H,3-15,22H2,1-2H3. The first-order chi connectivity index (χ1) is 15.3. The molecule has 1 aliphatic carbocycles. The summed E-state index contributed by atoms with van der Waals surface area (Å²) < 4.78 is 6.07. The van der Waals surface area contributed by atoms with Crippen LogP contribution < -0.4 is 4.74 Å². The summed E-state index contributed by atoms with van der Waals surface area (Å²) in [5, 5.41) is 0. The van der Waals surface area contributed by atoms with Gasteiger partial charge in [-0.1, -0.05) is 71.6 Å². The first-order valence-electron chi connectivity index (χ1n) is 12.8. The molecule has 1 aromatic heterocycles. The highest BCUT2D eigenvalue weighted by atomic mass is 16.5. The van der Waals surface area contributed by atoms with Crippen molar-refractivity contribution in [3.8, 4) is 17.1 Å². The predicted octanol–water partition coefficient (Wildman–Crippen LogP) is 8.03. The molecular weight excluding hydrogens is 380 g/mol. The molecule has 2 aromatic rings. The molecule has 0 unspecified atom stereocenters. The van der Waals surface area contributed by atoms with Gasteiger partial charge >= 0.3 is 0 Å². The third kappa shape index (κ3) is 8.27. The van der Waals surface area contributed by atoms with Crippen LogP contribution in [0.1, 0.15) is 96.5 Å². The van der Waals surface area contributed by atoms with E-state index in [9.17, 15) is 0 Å². The lowest BCUT2D eigenvalue weighted by Crippen LogP contribution is -2.19. The van der Waals surface area contributed by atoms with Crippen molar-refractivity contribution in [3.63, 3.8) is 0 Å². The van der Waals surface area contributed by atoms with Gasteiger partial charge in [0, 0.05) is 18.0 Å². The Morgan fingerprint density at radius 1 is 0.774 bits per heavy atom. The van der Waals surface area contributed by atoms with Gasteiger partial charge in [0.15, 0.2) is 5.82 Å². The van der Waals surface area contributed by atoms with Gasteiger partial charge < -0.3 is 4.74 Å². The Hall–Kier alpha value is -1.90. The van der Waals surface area contributed by atoms with Gasteiger partial charge in [-0.3, -0.25) is 0 Å². The summed E-state index contributed by atoms with van der Waals surface area (Å²) in [7, 11) is 0. The van der Waals surface area contributed by atoms with Crippen molar-refractivity contribution >= 4 is 0 Å². The minimum Gasteiger partial charge on any atom is -0.493 e. The zero-order valence-corrected chi connectivity index (χ0v) is 19.8. The molecule has 1 aliphatic rings. The summed E-state index contributed by atoms with van der Waals surface area (Å²) in [5.41, 5.74) is 2.30. The Balaban J connectivity index is 1.38. The molecule has 1 heterocycles. The van der Waals surface area contributed by atoms with Crippen molar-refractivity contribution < 1.29 is 4.74 Å². The van der Waals surface area contributed by atoms with Crippen molar-refractivity contribution in [3.05, 3.63) is 42.2 Å². The Kier molecular flexibility index (Phi) is 10.3. The summed E-state index contributed by atoms with van der Waals surface area (Å²) in [5.74, 6) is 3.41. The number of hydrogen-bond acceptors (Lipinski definition) is 3. The summed E-state index contributed by atoms with van der Waals surface area (Å²) >= 11 is 0. The quantitative estimate of drug-likeness (QED) is 0.306. The monoisotopic (exact) mass is 422 g/mol. The number of benzene rings is 1. The van der Waals surface area contributed by atoms with Gasteiger partial charge in [0.2, 0.25) is 0 Å². The maximum atomic E-state index is 6.07. The van der Waals surface area contributed by atoms with E-state index >= 15 is 0 Å². The summed E-state index contributed by atoms with van der Waals surface area (Å²) in [6, 6.07) is 8.27. The largest absolute Gasteiger partial charge is 0.493 e. The van der Waals surface area contributed by atoms with Gasteiger partial charge in [-0.15, -0.1) is 0 Å². The summed E-state index contributed by atoms with van der Waals surface area (Å²) in [4.78, 5) is 9.20. The molecule has 0 saturated heterocycles. The molecule has 0 spiro atoms. The second kappa shape index (κ2) is 13.5. The highest BCUT2D eigenvalue weighted by Gasteiger charge is 2.20. The van der Waals surface area contributed by atoms with Crippen LogP contribution in [0.25, 0.3) is 11.4 Å². The van der Waals surface area contributed by atoms with Crippen LogP contribution in [0.2, 0.25) is 0 Å². The van der Waals surface area contributed by atoms with Gasteiger partial charge in [-0.25, -0.2) is 9.97 Å². The molecule has 3 rings (SSSR count). The fraction of sp³-hybridized carbons (Fsp3) is 0.643. The number of rotatable bonds is 13. The van der Waals surface area contributed by atoms with E-state index in [0.29, 0.717) is 0 Å². The van der Waals surface area contributed by atoms with E-state index in [0.717, 1.165) is 42.0 Å². The van der Waals surface area contributed by atoms with Crippen molar-refractivity contribution in [2.24, 2.45) is 11.8 Å². The zero-order chi connectivity index (χ0) is 21.7. The number of hydrogen-bond donors (Lipinski definition) is 0. The number of aromatic nitrogens is 2. The summed E-state index contributed by atoms with van der Waals surface area (Å²) in [6.07, 6.45) is 21.1. The zero-order valence-electron chi connectivity index (χ0n) is 19.8. The van der Waals surface area contributed by atoms with Crippen LogP contribution in [0.3, 0.4) is 0 Å². The topological polar surface area (TPSA) is 35.0 Å². The molecular formula is C28H42N2O. The molecule has 3 nitrogen and oxygen atoms in total. The molecule has 170 valence electrons. The van der Waals surface area contributed by atoms with Gasteiger partial charge in [-0.05, 0) is 67.3 Å². The molecule has 0 atom stereocenters. The van der Waals surface area contributed by atoms with E-state index < -0.39 is 0 Å². The Bertz CT molecular complexity index is 718. The van der Waals surface area contributed by atoms with Crippen LogP contribution in [0.5, 0.6) is 5.75 Å². The smallest absolute Gasteiger partial charge is 0.159 e. The fourth-order valence-electron chi connectivity index (χ4n) is 4.64. The fourth-order valence-corrected chi connectivity index (χ4v) is 4.64. The molecule has 1 fully saturated rings. The molecule has 0 bridgehead atoms. The number of unbranched alkanes of at least 4 members (excludes halogenated alkanes) is 6. The van der Waals surface area contributed by atoms with E-state index in [4.69, 9.17) is 4.74 Å². The second-order valence-electron chi connectivity index (χ2n) is 9.42. The SMILES string of the molecule is CCCCCCCCCc1cnc(-c2ccc(OCC3CCC(CC)CC3)cc2)nc1. The molecule has 0 aliphatic heterocycles. The molecule has 1 aromatic carbocycles. The van der Waals surface area contributed by atoms with Crippen molar-refractivity contribution in [2.75, 3.05) is 6.61 Å². The first kappa shape index (κ1) is 23.8.